The van der Waals surface area contributed by atoms with Gasteiger partial charge >= 0.3 is 5.97 Å². The number of carboxylic acids is 1. The Labute approximate surface area is 80.5 Å². The van der Waals surface area contributed by atoms with E-state index in [1.165, 1.54) is 6.20 Å². The molecule has 1 aromatic heterocycles. The van der Waals surface area contributed by atoms with Crippen molar-refractivity contribution in [3.63, 3.8) is 0 Å². The zero-order valence-corrected chi connectivity index (χ0v) is 7.67. The largest absolute Gasteiger partial charge is 0.481 e. The second kappa shape index (κ2) is 4.40. The summed E-state index contributed by atoms with van der Waals surface area (Å²) in [5, 5.41) is 14.9. The second-order valence-corrected chi connectivity index (χ2v) is 2.88. The number of nitrogens with one attached hydrogen (secondary N) is 1. The smallest absolute Gasteiger partial charge is 0.305 e. The number of aromatic nitrogens is 2. The highest BCUT2D eigenvalue weighted by molar-refractivity contribution is 5.68. The number of nitrogens with zero attached hydrogens (tertiary/aromatic N) is 2. The van der Waals surface area contributed by atoms with Crippen LogP contribution in [0.5, 0.6) is 0 Å². The number of carboxylic acid groups (broad SMARTS) is 1. The van der Waals surface area contributed by atoms with Gasteiger partial charge in [0.05, 0.1) is 18.7 Å². The van der Waals surface area contributed by atoms with Crippen LogP contribution in [0, 0.1) is 0 Å². The summed E-state index contributed by atoms with van der Waals surface area (Å²) >= 11 is 0. The number of aryl methyl sites for hydroxylation is 1. The summed E-state index contributed by atoms with van der Waals surface area (Å²) in [5.74, 6) is -0.965. The molecule has 6 heteroatoms. The Hall–Kier alpha value is -1.85. The number of aliphatic carboxylic acids is 1. The molecule has 1 atom stereocenters. The average molecular weight is 197 g/mol. The van der Waals surface area contributed by atoms with Crippen LogP contribution in [-0.4, -0.2) is 27.3 Å². The van der Waals surface area contributed by atoms with Crippen LogP contribution in [0.3, 0.4) is 0 Å². The molecule has 1 heterocycles. The quantitative estimate of drug-likeness (QED) is 0.634. The Kier molecular flexibility index (Phi) is 3.22. The third-order valence-corrected chi connectivity index (χ3v) is 1.78. The van der Waals surface area contributed by atoms with Gasteiger partial charge in [0.2, 0.25) is 6.41 Å². The maximum Gasteiger partial charge on any atom is 0.305 e. The highest BCUT2D eigenvalue weighted by Gasteiger charge is 2.15. The lowest BCUT2D eigenvalue weighted by molar-refractivity contribution is -0.137. The first kappa shape index (κ1) is 10.2. The average Bonchev–Trinajstić information content (AvgIpc) is 2.50. The minimum absolute atomic E-state index is 0.148. The van der Waals surface area contributed by atoms with E-state index >= 15 is 0 Å². The van der Waals surface area contributed by atoms with Crippen LogP contribution in [0.1, 0.15) is 18.0 Å². The molecule has 14 heavy (non-hydrogen) atoms. The van der Waals surface area contributed by atoms with Gasteiger partial charge in [-0.05, 0) is 0 Å². The lowest BCUT2D eigenvalue weighted by Gasteiger charge is -2.10. The van der Waals surface area contributed by atoms with Crippen LogP contribution in [0.2, 0.25) is 0 Å². The minimum atomic E-state index is -0.965. The van der Waals surface area contributed by atoms with E-state index in [2.05, 4.69) is 10.4 Å². The van der Waals surface area contributed by atoms with Crippen LogP contribution in [-0.2, 0) is 16.6 Å². The van der Waals surface area contributed by atoms with Gasteiger partial charge in [-0.3, -0.25) is 14.3 Å². The monoisotopic (exact) mass is 197 g/mol. The van der Waals surface area contributed by atoms with Crippen molar-refractivity contribution in [1.29, 1.82) is 0 Å². The van der Waals surface area contributed by atoms with Crippen LogP contribution in [0.4, 0.5) is 0 Å². The summed E-state index contributed by atoms with van der Waals surface area (Å²) in [4.78, 5) is 20.7. The zero-order chi connectivity index (χ0) is 10.6. The molecule has 1 rings (SSSR count). The molecule has 0 aliphatic heterocycles. The van der Waals surface area contributed by atoms with Crippen LogP contribution in [0.15, 0.2) is 12.4 Å². The van der Waals surface area contributed by atoms with E-state index in [4.69, 9.17) is 5.11 Å². The molecule has 1 aromatic rings. The van der Waals surface area contributed by atoms with Crippen molar-refractivity contribution in [2.45, 2.75) is 12.5 Å². The summed E-state index contributed by atoms with van der Waals surface area (Å²) in [5.41, 5.74) is 0.682. The van der Waals surface area contributed by atoms with Crippen LogP contribution < -0.4 is 5.32 Å². The summed E-state index contributed by atoms with van der Waals surface area (Å²) in [7, 11) is 1.72. The number of carbonyl (C=O) groups is 2. The predicted octanol–water partition coefficient (Wildman–Crippen LogP) is -0.318. The third kappa shape index (κ3) is 2.58. The number of amides is 1. The fourth-order valence-corrected chi connectivity index (χ4v) is 1.15. The van der Waals surface area contributed by atoms with Crippen molar-refractivity contribution in [3.05, 3.63) is 18.0 Å². The van der Waals surface area contributed by atoms with Gasteiger partial charge in [-0.1, -0.05) is 0 Å². The molecule has 1 amide bonds. The van der Waals surface area contributed by atoms with Gasteiger partial charge in [0.15, 0.2) is 0 Å². The molecule has 6 nitrogen and oxygen atoms in total. The fraction of sp³-hybridized carbons (Fsp3) is 0.375. The van der Waals surface area contributed by atoms with E-state index in [1.807, 2.05) is 0 Å². The first-order valence-corrected chi connectivity index (χ1v) is 4.03. The summed E-state index contributed by atoms with van der Waals surface area (Å²) in [6.45, 7) is 0. The number of hydrogen-bond donors (Lipinski definition) is 2. The van der Waals surface area contributed by atoms with Gasteiger partial charge in [-0.15, -0.1) is 0 Å². The van der Waals surface area contributed by atoms with Gasteiger partial charge < -0.3 is 10.4 Å². The normalized spacial score (nSPS) is 12.1. The lowest BCUT2D eigenvalue weighted by Crippen LogP contribution is -2.22. The van der Waals surface area contributed by atoms with E-state index in [-0.39, 0.29) is 6.42 Å². The molecule has 2 N–H and O–H groups in total. The maximum atomic E-state index is 10.5. The van der Waals surface area contributed by atoms with E-state index in [0.29, 0.717) is 12.0 Å². The summed E-state index contributed by atoms with van der Waals surface area (Å²) in [6, 6.07) is -0.515. The van der Waals surface area contributed by atoms with Gasteiger partial charge in [0, 0.05) is 18.8 Å². The van der Waals surface area contributed by atoms with E-state index < -0.39 is 12.0 Å². The standard InChI is InChI=1S/C8H11N3O3/c1-11-4-6(3-10-11)7(9-5-12)2-8(13)14/h3-5,7H,2H2,1H3,(H,9,12)(H,13,14). The Morgan fingerprint density at radius 1 is 1.86 bits per heavy atom. The molecule has 0 saturated carbocycles. The van der Waals surface area contributed by atoms with Gasteiger partial charge in [-0.2, -0.15) is 5.10 Å². The van der Waals surface area contributed by atoms with Crippen molar-refractivity contribution in [1.82, 2.24) is 15.1 Å². The molecule has 0 aliphatic rings. The van der Waals surface area contributed by atoms with Crippen molar-refractivity contribution >= 4 is 12.4 Å². The maximum absolute atomic E-state index is 10.5. The predicted molar refractivity (Wildman–Crippen MR) is 47.4 cm³/mol. The van der Waals surface area contributed by atoms with Crippen LogP contribution in [0.25, 0.3) is 0 Å². The first-order valence-electron chi connectivity index (χ1n) is 4.03. The molecular formula is C8H11N3O3. The van der Waals surface area contributed by atoms with Crippen molar-refractivity contribution in [2.24, 2.45) is 7.05 Å². The molecule has 0 bridgehead atoms. The Bertz CT molecular complexity index is 334. The van der Waals surface area contributed by atoms with Crippen LogP contribution >= 0.6 is 0 Å². The molecule has 1 unspecified atom stereocenters. The molecule has 0 aromatic carbocycles. The Morgan fingerprint density at radius 3 is 3.00 bits per heavy atom. The molecule has 0 spiro atoms. The zero-order valence-electron chi connectivity index (χ0n) is 7.67. The van der Waals surface area contributed by atoms with Gasteiger partial charge in [0.1, 0.15) is 0 Å². The number of hydrogen-bond acceptors (Lipinski definition) is 3. The number of carbonyl (C=O) groups excluding carboxylic acids is 1. The molecule has 0 saturated heterocycles. The van der Waals surface area contributed by atoms with E-state index in [0.717, 1.165) is 0 Å². The molecule has 0 radical (unpaired) electrons. The van der Waals surface area contributed by atoms with Gasteiger partial charge in [0.25, 0.3) is 0 Å². The van der Waals surface area contributed by atoms with Gasteiger partial charge in [-0.25, -0.2) is 0 Å². The molecule has 0 fully saturated rings. The van der Waals surface area contributed by atoms with E-state index in [9.17, 15) is 9.59 Å². The van der Waals surface area contributed by atoms with Crippen molar-refractivity contribution in [3.8, 4) is 0 Å². The minimum Gasteiger partial charge on any atom is -0.481 e. The highest BCUT2D eigenvalue weighted by atomic mass is 16.4. The molecular weight excluding hydrogens is 186 g/mol. The second-order valence-electron chi connectivity index (χ2n) is 2.88. The SMILES string of the molecule is Cn1cc(C(CC(=O)O)NC=O)cn1. The van der Waals surface area contributed by atoms with Crippen molar-refractivity contribution in [2.75, 3.05) is 0 Å². The summed E-state index contributed by atoms with van der Waals surface area (Å²) < 4.78 is 1.55. The lowest BCUT2D eigenvalue weighted by atomic mass is 10.1. The topological polar surface area (TPSA) is 84.2 Å². The fourth-order valence-electron chi connectivity index (χ4n) is 1.15. The Balaban J connectivity index is 2.76. The first-order chi connectivity index (χ1) is 6.63. The summed E-state index contributed by atoms with van der Waals surface area (Å²) in [6.07, 6.45) is 3.54. The molecule has 76 valence electrons. The van der Waals surface area contributed by atoms with E-state index in [1.54, 1.807) is 17.9 Å². The number of rotatable bonds is 5. The highest BCUT2D eigenvalue weighted by Crippen LogP contribution is 2.14. The van der Waals surface area contributed by atoms with Crippen molar-refractivity contribution < 1.29 is 14.7 Å². The molecule has 0 aliphatic carbocycles. The Morgan fingerprint density at radius 2 is 2.57 bits per heavy atom. The third-order valence-electron chi connectivity index (χ3n) is 1.78.